The second kappa shape index (κ2) is 7.67. The molecule has 1 heteroatoms. The van der Waals surface area contributed by atoms with E-state index in [1.54, 1.807) is 0 Å². The Balaban J connectivity index is 1.70. The van der Waals surface area contributed by atoms with Gasteiger partial charge in [-0.1, -0.05) is 40.0 Å². The van der Waals surface area contributed by atoms with Crippen LogP contribution in [-0.2, 0) is 0 Å². The quantitative estimate of drug-likeness (QED) is 0.725. The van der Waals surface area contributed by atoms with E-state index in [0.29, 0.717) is 0 Å². The minimum atomic E-state index is 0.834. The molecule has 0 aliphatic heterocycles. The Hall–Kier alpha value is -0.0400. The van der Waals surface area contributed by atoms with E-state index in [9.17, 15) is 0 Å². The molecule has 1 N–H and O–H groups in total. The van der Waals surface area contributed by atoms with Crippen molar-refractivity contribution in [1.82, 2.24) is 5.32 Å². The molecule has 2 aliphatic carbocycles. The molecule has 2 atom stereocenters. The number of rotatable bonds is 5. The lowest BCUT2D eigenvalue weighted by molar-refractivity contribution is 0.210. The largest absolute Gasteiger partial charge is 0.311 e. The molecule has 0 aromatic rings. The molecular formula is C18H35N. The van der Waals surface area contributed by atoms with Crippen LogP contribution in [0.1, 0.15) is 85.0 Å². The summed E-state index contributed by atoms with van der Waals surface area (Å²) < 4.78 is 0. The molecule has 0 spiro atoms. The van der Waals surface area contributed by atoms with E-state index < -0.39 is 0 Å². The van der Waals surface area contributed by atoms with Gasteiger partial charge in [0.2, 0.25) is 0 Å². The van der Waals surface area contributed by atoms with Crippen molar-refractivity contribution in [2.75, 3.05) is 0 Å². The third-order valence-corrected chi connectivity index (χ3v) is 5.48. The maximum Gasteiger partial charge on any atom is 0.00722 e. The normalized spacial score (nSPS) is 36.6. The summed E-state index contributed by atoms with van der Waals surface area (Å²) in [5.41, 5.74) is 0. The first-order chi connectivity index (χ1) is 9.17. The lowest BCUT2D eigenvalue weighted by Crippen LogP contribution is -2.43. The number of hydrogen-bond donors (Lipinski definition) is 1. The smallest absolute Gasteiger partial charge is 0.00722 e. The molecule has 0 amide bonds. The zero-order chi connectivity index (χ0) is 13.7. The van der Waals surface area contributed by atoms with E-state index in [4.69, 9.17) is 0 Å². The van der Waals surface area contributed by atoms with Gasteiger partial charge in [-0.25, -0.2) is 0 Å². The first-order valence-corrected chi connectivity index (χ1v) is 8.93. The first-order valence-electron chi connectivity index (χ1n) is 8.93. The van der Waals surface area contributed by atoms with Crippen LogP contribution < -0.4 is 5.32 Å². The second-order valence-corrected chi connectivity index (χ2v) is 7.65. The highest BCUT2D eigenvalue weighted by Crippen LogP contribution is 2.31. The maximum absolute atomic E-state index is 4.01. The lowest BCUT2D eigenvalue weighted by Gasteiger charge is -2.36. The Morgan fingerprint density at radius 1 is 0.895 bits per heavy atom. The Morgan fingerprint density at radius 2 is 1.63 bits per heavy atom. The van der Waals surface area contributed by atoms with Crippen molar-refractivity contribution in [1.29, 1.82) is 0 Å². The third kappa shape index (κ3) is 5.10. The minimum absolute atomic E-state index is 0.834. The molecule has 0 bridgehead atoms. The monoisotopic (exact) mass is 265 g/mol. The van der Waals surface area contributed by atoms with Gasteiger partial charge in [-0.3, -0.25) is 0 Å². The molecule has 0 saturated heterocycles. The Morgan fingerprint density at radius 3 is 2.26 bits per heavy atom. The maximum atomic E-state index is 4.01. The Kier molecular flexibility index (Phi) is 6.19. The van der Waals surface area contributed by atoms with Gasteiger partial charge in [-0.05, 0) is 62.7 Å². The molecule has 0 aromatic heterocycles. The Labute approximate surface area is 120 Å². The predicted octanol–water partition coefficient (Wildman–Crippen LogP) is 5.15. The van der Waals surface area contributed by atoms with Gasteiger partial charge in [0, 0.05) is 12.1 Å². The predicted molar refractivity (Wildman–Crippen MR) is 84.4 cm³/mol. The highest BCUT2D eigenvalue weighted by molar-refractivity contribution is 4.84. The highest BCUT2D eigenvalue weighted by Gasteiger charge is 2.26. The molecule has 2 saturated carbocycles. The molecule has 2 aliphatic rings. The fourth-order valence-electron chi connectivity index (χ4n) is 4.39. The molecule has 2 rings (SSSR count). The van der Waals surface area contributed by atoms with Gasteiger partial charge in [0.15, 0.2) is 0 Å². The molecule has 112 valence electrons. The van der Waals surface area contributed by atoms with Crippen molar-refractivity contribution in [3.8, 4) is 0 Å². The van der Waals surface area contributed by atoms with E-state index in [2.05, 4.69) is 26.1 Å². The summed E-state index contributed by atoms with van der Waals surface area (Å²) in [4.78, 5) is 0. The van der Waals surface area contributed by atoms with Crippen LogP contribution in [0.5, 0.6) is 0 Å². The SMILES string of the molecule is CCC1CCC(NC2CCCC(CC(C)C)C2)CC1. The van der Waals surface area contributed by atoms with Gasteiger partial charge in [0.05, 0.1) is 0 Å². The zero-order valence-corrected chi connectivity index (χ0v) is 13.5. The van der Waals surface area contributed by atoms with Gasteiger partial charge >= 0.3 is 0 Å². The van der Waals surface area contributed by atoms with Gasteiger partial charge in [0.1, 0.15) is 0 Å². The average molecular weight is 265 g/mol. The van der Waals surface area contributed by atoms with Crippen molar-refractivity contribution in [3.63, 3.8) is 0 Å². The van der Waals surface area contributed by atoms with Crippen LogP contribution in [0.3, 0.4) is 0 Å². The van der Waals surface area contributed by atoms with Crippen LogP contribution in [-0.4, -0.2) is 12.1 Å². The van der Waals surface area contributed by atoms with E-state index in [1.165, 1.54) is 64.2 Å². The third-order valence-electron chi connectivity index (χ3n) is 5.48. The van der Waals surface area contributed by atoms with Crippen molar-refractivity contribution >= 4 is 0 Å². The molecule has 1 nitrogen and oxygen atoms in total. The van der Waals surface area contributed by atoms with Crippen molar-refractivity contribution in [2.24, 2.45) is 17.8 Å². The lowest BCUT2D eigenvalue weighted by atomic mass is 9.79. The van der Waals surface area contributed by atoms with Gasteiger partial charge < -0.3 is 5.32 Å². The second-order valence-electron chi connectivity index (χ2n) is 7.65. The molecule has 0 heterocycles. The minimum Gasteiger partial charge on any atom is -0.311 e. The van der Waals surface area contributed by atoms with Crippen LogP contribution in [0.25, 0.3) is 0 Å². The van der Waals surface area contributed by atoms with Crippen LogP contribution in [0.15, 0.2) is 0 Å². The van der Waals surface area contributed by atoms with Crippen molar-refractivity contribution < 1.29 is 0 Å². The molecule has 19 heavy (non-hydrogen) atoms. The summed E-state index contributed by atoms with van der Waals surface area (Å²) in [5, 5.41) is 4.01. The van der Waals surface area contributed by atoms with E-state index >= 15 is 0 Å². The fourth-order valence-corrected chi connectivity index (χ4v) is 4.39. The first kappa shape index (κ1) is 15.4. The van der Waals surface area contributed by atoms with Crippen LogP contribution in [0.4, 0.5) is 0 Å². The van der Waals surface area contributed by atoms with Crippen molar-refractivity contribution in [2.45, 2.75) is 97.1 Å². The van der Waals surface area contributed by atoms with Gasteiger partial charge in [-0.2, -0.15) is 0 Å². The summed E-state index contributed by atoms with van der Waals surface area (Å²) in [5.74, 6) is 2.90. The summed E-state index contributed by atoms with van der Waals surface area (Å²) in [6.07, 6.45) is 14.5. The summed E-state index contributed by atoms with van der Waals surface area (Å²) in [6.45, 7) is 7.11. The molecule has 2 unspecified atom stereocenters. The molecular weight excluding hydrogens is 230 g/mol. The van der Waals surface area contributed by atoms with E-state index in [0.717, 1.165) is 29.8 Å². The summed E-state index contributed by atoms with van der Waals surface area (Å²) in [6, 6.07) is 1.67. The molecule has 0 aromatic carbocycles. The summed E-state index contributed by atoms with van der Waals surface area (Å²) in [7, 11) is 0. The molecule has 2 fully saturated rings. The fraction of sp³-hybridized carbons (Fsp3) is 1.00. The number of nitrogens with one attached hydrogen (secondary N) is 1. The van der Waals surface area contributed by atoms with Crippen LogP contribution in [0.2, 0.25) is 0 Å². The van der Waals surface area contributed by atoms with E-state index in [1.807, 2.05) is 0 Å². The Bertz CT molecular complexity index is 240. The highest BCUT2D eigenvalue weighted by atomic mass is 15.0. The zero-order valence-electron chi connectivity index (χ0n) is 13.5. The van der Waals surface area contributed by atoms with Crippen molar-refractivity contribution in [3.05, 3.63) is 0 Å². The molecule has 0 radical (unpaired) electrons. The average Bonchev–Trinajstić information content (AvgIpc) is 2.39. The van der Waals surface area contributed by atoms with Gasteiger partial charge in [-0.15, -0.1) is 0 Å². The standard InChI is InChI=1S/C18H35N/c1-4-15-8-10-17(11-9-15)19-18-7-5-6-16(13-18)12-14(2)3/h14-19H,4-13H2,1-3H3. The topological polar surface area (TPSA) is 12.0 Å². The van der Waals surface area contributed by atoms with E-state index in [-0.39, 0.29) is 0 Å². The van der Waals surface area contributed by atoms with Crippen LogP contribution in [0, 0.1) is 17.8 Å². The van der Waals surface area contributed by atoms with Gasteiger partial charge in [0.25, 0.3) is 0 Å². The number of hydrogen-bond acceptors (Lipinski definition) is 1. The van der Waals surface area contributed by atoms with Crippen LogP contribution >= 0.6 is 0 Å². The summed E-state index contributed by atoms with van der Waals surface area (Å²) >= 11 is 0.